The molecule has 0 saturated carbocycles. The van der Waals surface area contributed by atoms with Gasteiger partial charge in [-0.3, -0.25) is 19.7 Å². The predicted octanol–water partition coefficient (Wildman–Crippen LogP) is 2.81. The van der Waals surface area contributed by atoms with Crippen molar-refractivity contribution >= 4 is 34.2 Å². The van der Waals surface area contributed by atoms with Crippen molar-refractivity contribution in [2.75, 3.05) is 19.0 Å². The van der Waals surface area contributed by atoms with E-state index in [0.717, 1.165) is 6.07 Å². The monoisotopic (exact) mass is 412 g/mol. The smallest absolute Gasteiger partial charge is 0.374 e. The lowest BCUT2D eigenvalue weighted by molar-refractivity contribution is -0.385. The van der Waals surface area contributed by atoms with Gasteiger partial charge < -0.3 is 19.2 Å². The Bertz CT molecular complexity index is 1220. The second-order valence-corrected chi connectivity index (χ2v) is 6.19. The lowest BCUT2D eigenvalue weighted by Crippen LogP contribution is -2.22. The molecule has 3 aromatic rings. The maximum atomic E-state index is 12.2. The summed E-state index contributed by atoms with van der Waals surface area (Å²) in [6.07, 6.45) is 0. The second-order valence-electron chi connectivity index (χ2n) is 6.19. The number of nitrogens with one attached hydrogen (secondary N) is 1. The molecule has 3 rings (SSSR count). The molecule has 1 N–H and O–H groups in total. The number of nitro benzene ring substituents is 1. The zero-order valence-corrected chi connectivity index (χ0v) is 16.0. The summed E-state index contributed by atoms with van der Waals surface area (Å²) in [5.41, 5.74) is 0.237. The maximum Gasteiger partial charge on any atom is 0.374 e. The van der Waals surface area contributed by atoms with Gasteiger partial charge in [-0.1, -0.05) is 12.1 Å². The Morgan fingerprint density at radius 2 is 1.93 bits per heavy atom. The van der Waals surface area contributed by atoms with Gasteiger partial charge in [-0.25, -0.2) is 4.79 Å². The van der Waals surface area contributed by atoms with Gasteiger partial charge in [-0.2, -0.15) is 0 Å². The molecule has 0 unspecified atom stereocenters. The number of rotatable bonds is 6. The topological polar surface area (TPSA) is 138 Å². The van der Waals surface area contributed by atoms with E-state index in [1.807, 2.05) is 0 Å². The molecule has 10 heteroatoms. The van der Waals surface area contributed by atoms with E-state index in [4.69, 9.17) is 13.9 Å². The number of methoxy groups -OCH3 is 1. The van der Waals surface area contributed by atoms with E-state index < -0.39 is 28.8 Å². The van der Waals surface area contributed by atoms with Gasteiger partial charge in [-0.05, 0) is 24.6 Å². The summed E-state index contributed by atoms with van der Waals surface area (Å²) in [5, 5.41) is 13.8. The Balaban J connectivity index is 1.70. The highest BCUT2D eigenvalue weighted by atomic mass is 16.6. The van der Waals surface area contributed by atoms with E-state index in [9.17, 15) is 24.5 Å². The lowest BCUT2D eigenvalue weighted by atomic mass is 10.1. The second kappa shape index (κ2) is 8.43. The first-order valence-electron chi connectivity index (χ1n) is 8.63. The number of ether oxygens (including phenoxy) is 2. The Kier molecular flexibility index (Phi) is 5.77. The Morgan fingerprint density at radius 1 is 1.20 bits per heavy atom. The first-order chi connectivity index (χ1) is 14.3. The predicted molar refractivity (Wildman–Crippen MR) is 106 cm³/mol. The molecule has 1 aromatic heterocycles. The largest absolute Gasteiger partial charge is 0.490 e. The van der Waals surface area contributed by atoms with Crippen molar-refractivity contribution in [3.05, 3.63) is 74.1 Å². The van der Waals surface area contributed by atoms with Crippen molar-refractivity contribution in [2.45, 2.75) is 6.92 Å². The van der Waals surface area contributed by atoms with E-state index in [1.165, 1.54) is 25.3 Å². The average Bonchev–Trinajstić information content (AvgIpc) is 2.73. The zero-order valence-electron chi connectivity index (χ0n) is 16.0. The third-order valence-electron chi connectivity index (χ3n) is 4.17. The van der Waals surface area contributed by atoms with Crippen LogP contribution in [0.5, 0.6) is 5.75 Å². The summed E-state index contributed by atoms with van der Waals surface area (Å²) in [4.78, 5) is 46.8. The molecule has 0 atom stereocenters. The van der Waals surface area contributed by atoms with E-state index in [0.29, 0.717) is 10.9 Å². The van der Waals surface area contributed by atoms with Crippen LogP contribution in [0.3, 0.4) is 0 Å². The summed E-state index contributed by atoms with van der Waals surface area (Å²) >= 11 is 0. The molecule has 0 spiro atoms. The van der Waals surface area contributed by atoms with Gasteiger partial charge in [0.15, 0.2) is 17.8 Å². The molecule has 1 amide bonds. The molecule has 10 nitrogen and oxygen atoms in total. The number of hydrogen-bond donors (Lipinski definition) is 1. The van der Waals surface area contributed by atoms with Gasteiger partial charge in [-0.15, -0.1) is 0 Å². The number of nitro groups is 1. The van der Waals surface area contributed by atoms with Crippen LogP contribution in [0.25, 0.3) is 11.0 Å². The quantitative estimate of drug-likeness (QED) is 0.370. The molecule has 0 aliphatic carbocycles. The highest BCUT2D eigenvalue weighted by molar-refractivity contribution is 5.96. The number of carbonyl (C=O) groups is 2. The fourth-order valence-electron chi connectivity index (χ4n) is 2.71. The zero-order chi connectivity index (χ0) is 21.8. The number of hydrogen-bond acceptors (Lipinski definition) is 8. The van der Waals surface area contributed by atoms with Crippen molar-refractivity contribution in [1.82, 2.24) is 0 Å². The highest BCUT2D eigenvalue weighted by Gasteiger charge is 2.19. The maximum absolute atomic E-state index is 12.2. The van der Waals surface area contributed by atoms with Gasteiger partial charge in [0.1, 0.15) is 5.58 Å². The van der Waals surface area contributed by atoms with Crippen LogP contribution in [-0.2, 0) is 9.53 Å². The van der Waals surface area contributed by atoms with E-state index in [-0.39, 0.29) is 28.5 Å². The Labute approximate surface area is 169 Å². The third kappa shape index (κ3) is 4.27. The number of amides is 1. The molecule has 0 aliphatic rings. The summed E-state index contributed by atoms with van der Waals surface area (Å²) in [5.74, 6) is -2.04. The van der Waals surface area contributed by atoms with Gasteiger partial charge >= 0.3 is 11.7 Å². The minimum atomic E-state index is -0.981. The Morgan fingerprint density at radius 3 is 2.63 bits per heavy atom. The molecule has 0 bridgehead atoms. The van der Waals surface area contributed by atoms with Gasteiger partial charge in [0, 0.05) is 23.9 Å². The normalized spacial score (nSPS) is 10.5. The molecule has 0 aliphatic heterocycles. The van der Waals surface area contributed by atoms with Crippen molar-refractivity contribution in [1.29, 1.82) is 0 Å². The SMILES string of the molecule is COc1cc(NC(=O)COC(=O)c2cc(=O)c3ccccc3o2)c(C)cc1[N+](=O)[O-]. The highest BCUT2D eigenvalue weighted by Crippen LogP contribution is 2.32. The molecule has 0 radical (unpaired) electrons. The fraction of sp³-hybridized carbons (Fsp3) is 0.150. The number of fused-ring (bicyclic) bond motifs is 1. The number of esters is 1. The van der Waals surface area contributed by atoms with Gasteiger partial charge in [0.2, 0.25) is 5.76 Å². The van der Waals surface area contributed by atoms with Crippen LogP contribution in [0.4, 0.5) is 11.4 Å². The van der Waals surface area contributed by atoms with Crippen LogP contribution >= 0.6 is 0 Å². The van der Waals surface area contributed by atoms with Crippen LogP contribution in [-0.4, -0.2) is 30.5 Å². The van der Waals surface area contributed by atoms with Gasteiger partial charge in [0.25, 0.3) is 5.91 Å². The molecule has 154 valence electrons. The number of para-hydroxylation sites is 1. The minimum absolute atomic E-state index is 0.0316. The van der Waals surface area contributed by atoms with Crippen molar-refractivity contribution in [3.8, 4) is 5.75 Å². The standard InChI is InChI=1S/C20H16N2O8/c1-11-7-14(22(26)27)17(28-2)8-13(11)21-19(24)10-29-20(25)18-9-15(23)12-5-3-4-6-16(12)30-18/h3-9H,10H2,1-2H3,(H,21,24). The number of anilines is 1. The van der Waals surface area contributed by atoms with Crippen LogP contribution in [0, 0.1) is 17.0 Å². The first kappa shape index (κ1) is 20.5. The number of nitrogens with zero attached hydrogens (tertiary/aromatic N) is 1. The molecule has 1 heterocycles. The summed E-state index contributed by atoms with van der Waals surface area (Å²) in [6.45, 7) is 0.909. The van der Waals surface area contributed by atoms with E-state index in [1.54, 1.807) is 25.1 Å². The molecule has 0 saturated heterocycles. The fourth-order valence-corrected chi connectivity index (χ4v) is 2.71. The van der Waals surface area contributed by atoms with Crippen LogP contribution in [0.1, 0.15) is 16.1 Å². The first-order valence-corrected chi connectivity index (χ1v) is 8.63. The van der Waals surface area contributed by atoms with E-state index in [2.05, 4.69) is 5.32 Å². The molecule has 2 aromatic carbocycles. The van der Waals surface area contributed by atoms with Crippen molar-refractivity contribution in [3.63, 3.8) is 0 Å². The van der Waals surface area contributed by atoms with E-state index >= 15 is 0 Å². The Hall–Kier alpha value is -4.21. The number of benzene rings is 2. The molecular formula is C20H16N2O8. The summed E-state index contributed by atoms with van der Waals surface area (Å²) in [6, 6.07) is 9.95. The summed E-state index contributed by atoms with van der Waals surface area (Å²) in [7, 11) is 1.27. The number of aryl methyl sites for hydroxylation is 1. The minimum Gasteiger partial charge on any atom is -0.490 e. The third-order valence-corrected chi connectivity index (χ3v) is 4.17. The number of carbonyl (C=O) groups excluding carboxylic acids is 2. The van der Waals surface area contributed by atoms with Crippen LogP contribution < -0.4 is 15.5 Å². The van der Waals surface area contributed by atoms with Crippen molar-refractivity contribution < 1.29 is 28.4 Å². The lowest BCUT2D eigenvalue weighted by Gasteiger charge is -2.11. The van der Waals surface area contributed by atoms with Crippen LogP contribution in [0.2, 0.25) is 0 Å². The van der Waals surface area contributed by atoms with Crippen molar-refractivity contribution in [2.24, 2.45) is 0 Å². The van der Waals surface area contributed by atoms with Gasteiger partial charge in [0.05, 0.1) is 17.4 Å². The molecule has 0 fully saturated rings. The molecular weight excluding hydrogens is 396 g/mol. The molecule has 30 heavy (non-hydrogen) atoms. The summed E-state index contributed by atoms with van der Waals surface area (Å²) < 4.78 is 15.2. The van der Waals surface area contributed by atoms with Crippen LogP contribution in [0.15, 0.2) is 51.7 Å². The average molecular weight is 412 g/mol.